The van der Waals surface area contributed by atoms with E-state index in [4.69, 9.17) is 0 Å². The minimum absolute atomic E-state index is 0.734. The summed E-state index contributed by atoms with van der Waals surface area (Å²) in [6.45, 7) is 3.28. The van der Waals surface area contributed by atoms with Gasteiger partial charge in [0.1, 0.15) is 0 Å². The maximum atomic E-state index is 4.46. The number of benzene rings is 2. The average Bonchev–Trinajstić information content (AvgIpc) is 3.42. The summed E-state index contributed by atoms with van der Waals surface area (Å²) in [6.07, 6.45) is 6.03. The second-order valence-corrected chi connectivity index (χ2v) is 6.95. The van der Waals surface area contributed by atoms with Crippen molar-refractivity contribution in [2.24, 2.45) is 4.99 Å². The summed E-state index contributed by atoms with van der Waals surface area (Å²) in [4.78, 5) is 8.76. The van der Waals surface area contributed by atoms with E-state index in [1.165, 1.54) is 11.1 Å². The fourth-order valence-corrected chi connectivity index (χ4v) is 3.32. The van der Waals surface area contributed by atoms with Crippen LogP contribution in [0.2, 0.25) is 0 Å². The number of aliphatic imine (C=N–C) groups is 1. The first-order chi connectivity index (χ1) is 14.3. The van der Waals surface area contributed by atoms with Crippen molar-refractivity contribution in [3.63, 3.8) is 0 Å². The molecule has 0 saturated heterocycles. The Balaban J connectivity index is 1.28. The van der Waals surface area contributed by atoms with Crippen molar-refractivity contribution in [1.82, 2.24) is 24.8 Å². The molecular weight excluding hydrogens is 360 g/mol. The number of nitrogens with zero attached hydrogens (tertiary/aromatic N) is 4. The molecule has 0 aliphatic carbocycles. The number of aromatic nitrogens is 3. The predicted molar refractivity (Wildman–Crippen MR) is 118 cm³/mol. The Bertz CT molecular complexity index is 1060. The van der Waals surface area contributed by atoms with Gasteiger partial charge in [-0.3, -0.25) is 4.99 Å². The molecule has 0 aliphatic rings. The highest BCUT2D eigenvalue weighted by Crippen LogP contribution is 2.14. The molecular formula is C23H26N6. The lowest BCUT2D eigenvalue weighted by Gasteiger charge is -2.13. The van der Waals surface area contributed by atoms with Gasteiger partial charge >= 0.3 is 0 Å². The van der Waals surface area contributed by atoms with Crippen LogP contribution in [0.25, 0.3) is 11.0 Å². The van der Waals surface area contributed by atoms with E-state index < -0.39 is 0 Å². The second kappa shape index (κ2) is 9.10. The molecule has 148 valence electrons. The minimum atomic E-state index is 0.734. The SMILES string of the molecule is CN=C(NCCn1cccc1)NCc1ccc(Cn2cnc3ccccc32)cc1. The number of imidazole rings is 1. The van der Waals surface area contributed by atoms with Gasteiger partial charge in [-0.25, -0.2) is 4.98 Å². The van der Waals surface area contributed by atoms with Crippen molar-refractivity contribution in [2.45, 2.75) is 19.6 Å². The van der Waals surface area contributed by atoms with Crippen LogP contribution in [0.4, 0.5) is 0 Å². The van der Waals surface area contributed by atoms with Gasteiger partial charge in [0, 0.05) is 45.6 Å². The molecule has 0 aliphatic heterocycles. The summed E-state index contributed by atoms with van der Waals surface area (Å²) in [5, 5.41) is 6.71. The van der Waals surface area contributed by atoms with E-state index in [9.17, 15) is 0 Å². The fourth-order valence-electron chi connectivity index (χ4n) is 3.32. The molecule has 0 atom stereocenters. The lowest BCUT2D eigenvalue weighted by Crippen LogP contribution is -2.38. The van der Waals surface area contributed by atoms with Crippen molar-refractivity contribution in [2.75, 3.05) is 13.6 Å². The third-order valence-corrected chi connectivity index (χ3v) is 4.92. The zero-order valence-electron chi connectivity index (χ0n) is 16.6. The topological polar surface area (TPSA) is 59.2 Å². The van der Waals surface area contributed by atoms with E-state index in [1.807, 2.05) is 30.6 Å². The highest BCUT2D eigenvalue weighted by atomic mass is 15.2. The molecule has 29 heavy (non-hydrogen) atoms. The van der Waals surface area contributed by atoms with Gasteiger partial charge < -0.3 is 19.8 Å². The van der Waals surface area contributed by atoms with Gasteiger partial charge in [0.25, 0.3) is 0 Å². The standard InChI is InChI=1S/C23H26N6/c1-24-23(25-12-15-28-13-4-5-14-28)26-16-19-8-10-20(11-9-19)17-29-18-27-21-6-2-3-7-22(21)29/h2-11,13-14,18H,12,15-17H2,1H3,(H2,24,25,26). The molecule has 0 spiro atoms. The van der Waals surface area contributed by atoms with Crippen molar-refractivity contribution in [3.8, 4) is 0 Å². The second-order valence-electron chi connectivity index (χ2n) is 6.95. The van der Waals surface area contributed by atoms with Crippen molar-refractivity contribution >= 4 is 17.0 Å². The van der Waals surface area contributed by atoms with Crippen LogP contribution in [-0.4, -0.2) is 33.7 Å². The number of hydrogen-bond donors (Lipinski definition) is 2. The van der Waals surface area contributed by atoms with Gasteiger partial charge in [-0.05, 0) is 35.4 Å². The third kappa shape index (κ3) is 4.85. The smallest absolute Gasteiger partial charge is 0.191 e. The van der Waals surface area contributed by atoms with E-state index in [1.54, 1.807) is 7.05 Å². The first-order valence-corrected chi connectivity index (χ1v) is 9.85. The predicted octanol–water partition coefficient (Wildman–Crippen LogP) is 3.25. The zero-order valence-corrected chi connectivity index (χ0v) is 16.6. The molecule has 2 N–H and O–H groups in total. The Labute approximate surface area is 170 Å². The molecule has 0 unspecified atom stereocenters. The molecule has 2 aromatic heterocycles. The summed E-state index contributed by atoms with van der Waals surface area (Å²) in [6, 6.07) is 21.0. The lowest BCUT2D eigenvalue weighted by atomic mass is 10.1. The van der Waals surface area contributed by atoms with Gasteiger partial charge in [-0.2, -0.15) is 0 Å². The van der Waals surface area contributed by atoms with E-state index >= 15 is 0 Å². The Hall–Kier alpha value is -3.54. The Morgan fingerprint density at radius 1 is 0.931 bits per heavy atom. The largest absolute Gasteiger partial charge is 0.355 e. The van der Waals surface area contributed by atoms with Crippen LogP contribution in [0.5, 0.6) is 0 Å². The number of rotatable bonds is 7. The average molecular weight is 387 g/mol. The maximum absolute atomic E-state index is 4.46. The van der Waals surface area contributed by atoms with Crippen molar-refractivity contribution in [3.05, 3.63) is 90.5 Å². The first-order valence-electron chi connectivity index (χ1n) is 9.85. The van der Waals surface area contributed by atoms with Crippen molar-refractivity contribution < 1.29 is 0 Å². The van der Waals surface area contributed by atoms with Crippen LogP contribution in [0.15, 0.2) is 84.4 Å². The lowest BCUT2D eigenvalue weighted by molar-refractivity contribution is 0.665. The minimum Gasteiger partial charge on any atom is -0.355 e. The summed E-state index contributed by atoms with van der Waals surface area (Å²) in [7, 11) is 1.80. The van der Waals surface area contributed by atoms with Gasteiger partial charge in [-0.1, -0.05) is 36.4 Å². The number of nitrogens with one attached hydrogen (secondary N) is 2. The zero-order chi connectivity index (χ0) is 19.9. The van der Waals surface area contributed by atoms with Gasteiger partial charge in [0.15, 0.2) is 5.96 Å². The molecule has 4 aromatic rings. The Morgan fingerprint density at radius 2 is 1.69 bits per heavy atom. The number of guanidine groups is 1. The Morgan fingerprint density at radius 3 is 2.48 bits per heavy atom. The molecule has 0 saturated carbocycles. The molecule has 2 heterocycles. The molecule has 0 radical (unpaired) electrons. The highest BCUT2D eigenvalue weighted by molar-refractivity contribution is 5.79. The quantitative estimate of drug-likeness (QED) is 0.379. The summed E-state index contributed by atoms with van der Waals surface area (Å²) in [5.41, 5.74) is 4.67. The maximum Gasteiger partial charge on any atom is 0.191 e. The van der Waals surface area contributed by atoms with E-state index in [-0.39, 0.29) is 0 Å². The van der Waals surface area contributed by atoms with E-state index in [0.717, 1.165) is 43.2 Å². The van der Waals surface area contributed by atoms with Gasteiger partial charge in [0.05, 0.1) is 17.4 Å². The number of hydrogen-bond acceptors (Lipinski definition) is 2. The fraction of sp³-hybridized carbons (Fsp3) is 0.217. The van der Waals surface area contributed by atoms with Crippen LogP contribution in [-0.2, 0) is 19.6 Å². The van der Waals surface area contributed by atoms with Crippen LogP contribution < -0.4 is 10.6 Å². The number of para-hydroxylation sites is 2. The van der Waals surface area contributed by atoms with Crippen LogP contribution in [0.3, 0.4) is 0 Å². The van der Waals surface area contributed by atoms with E-state index in [0.29, 0.717) is 0 Å². The highest BCUT2D eigenvalue weighted by Gasteiger charge is 2.03. The summed E-state index contributed by atoms with van der Waals surface area (Å²) in [5.74, 6) is 0.811. The first kappa shape index (κ1) is 18.8. The monoisotopic (exact) mass is 386 g/mol. The summed E-state index contributed by atoms with van der Waals surface area (Å²) >= 11 is 0. The van der Waals surface area contributed by atoms with Crippen LogP contribution in [0.1, 0.15) is 11.1 Å². The molecule has 4 rings (SSSR count). The normalized spacial score (nSPS) is 11.7. The molecule has 6 nitrogen and oxygen atoms in total. The van der Waals surface area contributed by atoms with Crippen LogP contribution in [0, 0.1) is 0 Å². The van der Waals surface area contributed by atoms with Crippen molar-refractivity contribution in [1.29, 1.82) is 0 Å². The molecule has 2 aromatic carbocycles. The molecule has 0 fully saturated rings. The van der Waals surface area contributed by atoms with Crippen LogP contribution >= 0.6 is 0 Å². The van der Waals surface area contributed by atoms with E-state index in [2.05, 4.69) is 78.5 Å². The molecule has 6 heteroatoms. The summed E-state index contributed by atoms with van der Waals surface area (Å²) < 4.78 is 4.32. The molecule has 0 amide bonds. The van der Waals surface area contributed by atoms with Gasteiger partial charge in [0.2, 0.25) is 0 Å². The number of fused-ring (bicyclic) bond motifs is 1. The molecule has 0 bridgehead atoms. The van der Waals surface area contributed by atoms with Gasteiger partial charge in [-0.15, -0.1) is 0 Å². The Kier molecular flexibility index (Phi) is 5.90. The third-order valence-electron chi connectivity index (χ3n) is 4.92.